The molecule has 5 nitrogen and oxygen atoms in total. The van der Waals surface area contributed by atoms with Crippen LogP contribution in [0.25, 0.3) is 6.08 Å². The van der Waals surface area contributed by atoms with Crippen molar-refractivity contribution in [2.45, 2.75) is 18.0 Å². The third-order valence-corrected chi connectivity index (χ3v) is 8.89. The molecule has 41 heavy (non-hydrogen) atoms. The number of hydrogen-bond acceptors (Lipinski definition) is 5. The maximum Gasteiger partial charge on any atom is 0.185 e. The Balaban J connectivity index is 1.54. The molecule has 3 unspecified atom stereocenters. The molecule has 0 amide bonds. The molecule has 1 aliphatic carbocycles. The van der Waals surface area contributed by atoms with Crippen LogP contribution in [0.1, 0.15) is 48.1 Å². The SMILES string of the molecule is COc1ccc(C2C(C(=O)c3ccc(Cl)cc3)N3c4ccc(F)cc4C=CC3C23C(=O)c2ccccc2C3=O)cc1. The van der Waals surface area contributed by atoms with Crippen molar-refractivity contribution in [3.8, 4) is 5.75 Å². The Kier molecular flexibility index (Phi) is 5.73. The molecular formula is C34H23ClFNO4. The van der Waals surface area contributed by atoms with E-state index in [-0.39, 0.29) is 17.3 Å². The number of nitrogens with zero attached hydrogens (tertiary/aromatic N) is 1. The zero-order valence-corrected chi connectivity index (χ0v) is 22.6. The molecule has 0 N–H and O–H groups in total. The molecule has 0 radical (unpaired) electrons. The van der Waals surface area contributed by atoms with Crippen molar-refractivity contribution in [1.82, 2.24) is 0 Å². The number of carbonyl (C=O) groups excluding carboxylic acids is 3. The molecule has 2 aliphatic heterocycles. The summed E-state index contributed by atoms with van der Waals surface area (Å²) in [4.78, 5) is 45.7. The zero-order valence-electron chi connectivity index (χ0n) is 21.9. The van der Waals surface area contributed by atoms with E-state index < -0.39 is 29.2 Å². The maximum atomic E-state index is 14.6. The van der Waals surface area contributed by atoms with E-state index >= 15 is 0 Å². The molecule has 1 fully saturated rings. The van der Waals surface area contributed by atoms with Crippen molar-refractivity contribution < 1.29 is 23.5 Å². The number of ether oxygens (including phenoxy) is 1. The van der Waals surface area contributed by atoms with Gasteiger partial charge in [0, 0.05) is 38.9 Å². The number of carbonyl (C=O) groups is 3. The number of rotatable bonds is 4. The number of fused-ring (bicyclic) bond motifs is 5. The van der Waals surface area contributed by atoms with Crippen molar-refractivity contribution >= 4 is 40.7 Å². The summed E-state index contributed by atoms with van der Waals surface area (Å²) in [5.41, 5.74) is 1.24. The summed E-state index contributed by atoms with van der Waals surface area (Å²) in [6.07, 6.45) is 3.51. The highest BCUT2D eigenvalue weighted by Gasteiger charge is 2.71. The minimum atomic E-state index is -1.63. The lowest BCUT2D eigenvalue weighted by Gasteiger charge is -2.37. The number of Topliss-reactive ketones (excluding diaryl/α,β-unsaturated/α-hetero) is 3. The summed E-state index contributed by atoms with van der Waals surface area (Å²) in [5.74, 6) is -1.60. The molecule has 1 saturated heterocycles. The predicted octanol–water partition coefficient (Wildman–Crippen LogP) is 6.80. The molecule has 0 saturated carbocycles. The van der Waals surface area contributed by atoms with E-state index in [0.29, 0.717) is 44.3 Å². The first-order valence-electron chi connectivity index (χ1n) is 13.2. The molecule has 4 aromatic rings. The predicted molar refractivity (Wildman–Crippen MR) is 155 cm³/mol. The largest absolute Gasteiger partial charge is 0.497 e. The van der Waals surface area contributed by atoms with Crippen LogP contribution >= 0.6 is 11.6 Å². The number of benzene rings is 4. The highest BCUT2D eigenvalue weighted by atomic mass is 35.5. The van der Waals surface area contributed by atoms with Crippen LogP contribution in [-0.2, 0) is 0 Å². The minimum Gasteiger partial charge on any atom is -0.497 e. The van der Waals surface area contributed by atoms with Gasteiger partial charge < -0.3 is 9.64 Å². The van der Waals surface area contributed by atoms with Gasteiger partial charge in [0.1, 0.15) is 23.0 Å². The van der Waals surface area contributed by atoms with Gasteiger partial charge in [-0.2, -0.15) is 0 Å². The van der Waals surface area contributed by atoms with Crippen LogP contribution in [0.4, 0.5) is 10.1 Å². The molecule has 0 aromatic heterocycles. The van der Waals surface area contributed by atoms with Crippen molar-refractivity contribution in [1.29, 1.82) is 0 Å². The minimum absolute atomic E-state index is 0.272. The quantitative estimate of drug-likeness (QED) is 0.202. The van der Waals surface area contributed by atoms with Gasteiger partial charge in [-0.1, -0.05) is 60.2 Å². The van der Waals surface area contributed by atoms with E-state index in [4.69, 9.17) is 16.3 Å². The Morgan fingerprint density at radius 2 is 1.56 bits per heavy atom. The Bertz CT molecular complexity index is 1740. The third-order valence-electron chi connectivity index (χ3n) is 8.64. The molecular weight excluding hydrogens is 541 g/mol. The van der Waals surface area contributed by atoms with E-state index in [1.807, 2.05) is 17.0 Å². The van der Waals surface area contributed by atoms with Crippen LogP contribution in [0.15, 0.2) is 97.1 Å². The van der Waals surface area contributed by atoms with Gasteiger partial charge in [-0.05, 0) is 60.2 Å². The first-order valence-corrected chi connectivity index (χ1v) is 13.6. The number of ketones is 3. The fraction of sp³-hybridized carbons (Fsp3) is 0.147. The van der Waals surface area contributed by atoms with Crippen LogP contribution in [0.5, 0.6) is 5.75 Å². The van der Waals surface area contributed by atoms with Crippen LogP contribution in [0.2, 0.25) is 5.02 Å². The molecule has 3 aliphatic rings. The van der Waals surface area contributed by atoms with E-state index in [1.165, 1.54) is 12.1 Å². The average Bonchev–Trinajstić information content (AvgIpc) is 3.43. The second-order valence-corrected chi connectivity index (χ2v) is 11.0. The highest BCUT2D eigenvalue weighted by molar-refractivity contribution is 6.32. The van der Waals surface area contributed by atoms with Crippen molar-refractivity contribution in [3.63, 3.8) is 0 Å². The van der Waals surface area contributed by atoms with Gasteiger partial charge in [0.05, 0.1) is 13.2 Å². The van der Waals surface area contributed by atoms with Crippen LogP contribution in [0.3, 0.4) is 0 Å². The lowest BCUT2D eigenvalue weighted by molar-refractivity contribution is 0.0666. The van der Waals surface area contributed by atoms with E-state index in [0.717, 1.165) is 0 Å². The lowest BCUT2D eigenvalue weighted by atomic mass is 9.64. The second-order valence-electron chi connectivity index (χ2n) is 10.6. The standard InChI is InChI=1S/C34H23ClFNO4/c1-41-24-14-8-19(9-15-24)29-30(31(38)20-6-11-22(35)12-7-20)37-27-16-13-23(36)18-21(27)10-17-28(37)34(29)32(39)25-4-2-3-5-26(25)33(34)40/h2-18,28-30H,1H3. The summed E-state index contributed by atoms with van der Waals surface area (Å²) in [5, 5.41) is 0.479. The number of halogens is 2. The Morgan fingerprint density at radius 3 is 2.20 bits per heavy atom. The topological polar surface area (TPSA) is 63.7 Å². The Hall–Kier alpha value is -4.55. The van der Waals surface area contributed by atoms with E-state index in [1.54, 1.807) is 86.0 Å². The summed E-state index contributed by atoms with van der Waals surface area (Å²) in [6, 6.07) is 23.1. The Labute approximate surface area is 240 Å². The monoisotopic (exact) mass is 563 g/mol. The molecule has 3 atom stereocenters. The van der Waals surface area contributed by atoms with Crippen LogP contribution in [0, 0.1) is 11.2 Å². The fourth-order valence-corrected chi connectivity index (χ4v) is 7.04. The number of methoxy groups -OCH3 is 1. The number of anilines is 1. The first kappa shape index (κ1) is 25.4. The normalized spacial score (nSPS) is 21.5. The molecule has 1 spiro atoms. The van der Waals surface area contributed by atoms with Crippen LogP contribution in [-0.4, -0.2) is 36.5 Å². The molecule has 7 rings (SSSR count). The second kappa shape index (κ2) is 9.25. The van der Waals surface area contributed by atoms with Crippen molar-refractivity contribution in [3.05, 3.63) is 136 Å². The van der Waals surface area contributed by atoms with Crippen molar-refractivity contribution in [2.24, 2.45) is 5.41 Å². The van der Waals surface area contributed by atoms with Gasteiger partial charge in [-0.25, -0.2) is 4.39 Å². The summed E-state index contributed by atoms with van der Waals surface area (Å²) >= 11 is 6.14. The highest BCUT2D eigenvalue weighted by Crippen LogP contribution is 2.61. The molecule has 202 valence electrons. The van der Waals surface area contributed by atoms with Crippen molar-refractivity contribution in [2.75, 3.05) is 12.0 Å². The Morgan fingerprint density at radius 1 is 0.902 bits per heavy atom. The molecule has 0 bridgehead atoms. The van der Waals surface area contributed by atoms with Gasteiger partial charge in [-0.15, -0.1) is 0 Å². The zero-order chi connectivity index (χ0) is 28.5. The average molecular weight is 564 g/mol. The molecule has 4 aromatic carbocycles. The summed E-state index contributed by atoms with van der Waals surface area (Å²) in [7, 11) is 1.56. The van der Waals surface area contributed by atoms with E-state index in [9.17, 15) is 18.8 Å². The molecule has 2 heterocycles. The third kappa shape index (κ3) is 3.50. The summed E-state index contributed by atoms with van der Waals surface area (Å²) in [6.45, 7) is 0. The van der Waals surface area contributed by atoms with Crippen LogP contribution < -0.4 is 9.64 Å². The van der Waals surface area contributed by atoms with E-state index in [2.05, 4.69) is 0 Å². The smallest absolute Gasteiger partial charge is 0.185 e. The number of hydrogen-bond donors (Lipinski definition) is 0. The first-order chi connectivity index (χ1) is 19.9. The fourth-order valence-electron chi connectivity index (χ4n) is 6.92. The maximum absolute atomic E-state index is 14.6. The van der Waals surface area contributed by atoms with Gasteiger partial charge in [0.2, 0.25) is 0 Å². The van der Waals surface area contributed by atoms with Gasteiger partial charge in [0.15, 0.2) is 17.3 Å². The van der Waals surface area contributed by atoms with Gasteiger partial charge >= 0.3 is 0 Å². The van der Waals surface area contributed by atoms with Gasteiger partial charge in [0.25, 0.3) is 0 Å². The lowest BCUT2D eigenvalue weighted by Crippen LogP contribution is -2.48. The van der Waals surface area contributed by atoms with Gasteiger partial charge in [-0.3, -0.25) is 14.4 Å². The summed E-state index contributed by atoms with van der Waals surface area (Å²) < 4.78 is 19.7. The molecule has 7 heteroatoms.